The first-order chi connectivity index (χ1) is 16.9. The third kappa shape index (κ3) is 6.23. The molecule has 1 amide bonds. The summed E-state index contributed by atoms with van der Waals surface area (Å²) in [5.74, 6) is 0.229. The highest BCUT2D eigenvalue weighted by atomic mass is 16.5. The highest BCUT2D eigenvalue weighted by Gasteiger charge is 2.24. The van der Waals surface area contributed by atoms with E-state index >= 15 is 0 Å². The first-order valence-electron chi connectivity index (χ1n) is 11.0. The second-order valence-corrected chi connectivity index (χ2v) is 7.74. The largest absolute Gasteiger partial charge is 0.497 e. The molecule has 1 atom stereocenters. The molecule has 0 radical (unpaired) electrons. The predicted molar refractivity (Wildman–Crippen MR) is 130 cm³/mol. The van der Waals surface area contributed by atoms with Crippen LogP contribution in [0.1, 0.15) is 34.5 Å². The molecule has 0 aliphatic rings. The van der Waals surface area contributed by atoms with Gasteiger partial charge < -0.3 is 29.0 Å². The lowest BCUT2D eigenvalue weighted by atomic mass is 10.1. The van der Waals surface area contributed by atoms with Crippen molar-refractivity contribution in [1.82, 2.24) is 4.90 Å². The number of methoxy groups -OCH3 is 3. The monoisotopic (exact) mass is 479 g/mol. The fraction of sp³-hybridized carbons (Fsp3) is 0.259. The van der Waals surface area contributed by atoms with Crippen LogP contribution in [0.25, 0.3) is 0 Å². The number of carboxylic acids is 1. The van der Waals surface area contributed by atoms with Crippen molar-refractivity contribution in [1.29, 1.82) is 0 Å². The number of hydrogen-bond donors (Lipinski definition) is 1. The first kappa shape index (κ1) is 25.4. The zero-order valence-corrected chi connectivity index (χ0v) is 20.2. The van der Waals surface area contributed by atoms with Gasteiger partial charge in [-0.1, -0.05) is 30.3 Å². The Morgan fingerprint density at radius 2 is 1.49 bits per heavy atom. The molecule has 0 spiro atoms. The van der Waals surface area contributed by atoms with Gasteiger partial charge in [-0.3, -0.25) is 4.79 Å². The third-order valence-electron chi connectivity index (χ3n) is 5.68. The van der Waals surface area contributed by atoms with Crippen LogP contribution < -0.4 is 18.9 Å². The van der Waals surface area contributed by atoms with Crippen molar-refractivity contribution < 1.29 is 33.6 Å². The van der Waals surface area contributed by atoms with Crippen molar-refractivity contribution in [2.45, 2.75) is 19.5 Å². The molecule has 0 bridgehead atoms. The maximum atomic E-state index is 13.5. The van der Waals surface area contributed by atoms with Crippen LogP contribution in [-0.4, -0.2) is 49.8 Å². The molecule has 3 aromatic rings. The molecule has 0 heterocycles. The van der Waals surface area contributed by atoms with Gasteiger partial charge in [-0.2, -0.15) is 0 Å². The Morgan fingerprint density at radius 1 is 0.857 bits per heavy atom. The Balaban J connectivity index is 1.90. The van der Waals surface area contributed by atoms with E-state index in [0.717, 1.165) is 11.1 Å². The van der Waals surface area contributed by atoms with Gasteiger partial charge in [0.2, 0.25) is 0 Å². The van der Waals surface area contributed by atoms with Gasteiger partial charge in [-0.05, 0) is 36.8 Å². The lowest BCUT2D eigenvalue weighted by Gasteiger charge is -2.30. The smallest absolute Gasteiger partial charge is 0.339 e. The molecule has 3 rings (SSSR count). The molecule has 0 saturated heterocycles. The topological polar surface area (TPSA) is 94.5 Å². The van der Waals surface area contributed by atoms with Gasteiger partial charge in [0.1, 0.15) is 28.6 Å². The maximum absolute atomic E-state index is 13.5. The number of aromatic carboxylic acids is 1. The van der Waals surface area contributed by atoms with E-state index in [-0.39, 0.29) is 36.4 Å². The van der Waals surface area contributed by atoms with Crippen LogP contribution in [0.2, 0.25) is 0 Å². The standard InChI is InChI=1S/C27H29NO7/c1-18(19-8-6-5-7-9-19)28(16-20-10-11-21(32-2)14-24(20)34-4)26(29)17-35-25-15-22(33-3)12-13-23(25)27(30)31/h5-15,18H,16-17H2,1-4H3,(H,30,31)/t18-/m0/s1. The lowest BCUT2D eigenvalue weighted by molar-refractivity contribution is -0.136. The molecule has 3 aromatic carbocycles. The van der Waals surface area contributed by atoms with E-state index in [2.05, 4.69) is 0 Å². The number of amides is 1. The van der Waals surface area contributed by atoms with E-state index in [1.54, 1.807) is 31.3 Å². The molecule has 0 saturated carbocycles. The van der Waals surface area contributed by atoms with Crippen LogP contribution >= 0.6 is 0 Å². The van der Waals surface area contributed by atoms with Crippen LogP contribution in [-0.2, 0) is 11.3 Å². The maximum Gasteiger partial charge on any atom is 0.339 e. The Hall–Kier alpha value is -4.20. The van der Waals surface area contributed by atoms with E-state index in [4.69, 9.17) is 18.9 Å². The summed E-state index contributed by atoms with van der Waals surface area (Å²) in [4.78, 5) is 26.7. The average molecular weight is 480 g/mol. The number of hydrogen-bond acceptors (Lipinski definition) is 6. The summed E-state index contributed by atoms with van der Waals surface area (Å²) in [6, 6.07) is 19.1. The molecule has 0 aliphatic heterocycles. The van der Waals surface area contributed by atoms with Crippen LogP contribution in [0, 0.1) is 0 Å². The van der Waals surface area contributed by atoms with Crippen LogP contribution in [0.5, 0.6) is 23.0 Å². The van der Waals surface area contributed by atoms with E-state index in [1.807, 2.05) is 43.3 Å². The molecule has 1 N–H and O–H groups in total. The number of carboxylic acid groups (broad SMARTS) is 1. The lowest BCUT2D eigenvalue weighted by Crippen LogP contribution is -2.36. The summed E-state index contributed by atoms with van der Waals surface area (Å²) < 4.78 is 21.7. The molecular weight excluding hydrogens is 450 g/mol. The molecule has 0 unspecified atom stereocenters. The van der Waals surface area contributed by atoms with E-state index in [9.17, 15) is 14.7 Å². The summed E-state index contributed by atoms with van der Waals surface area (Å²) in [6.45, 7) is 1.82. The molecule has 8 nitrogen and oxygen atoms in total. The molecule has 0 fully saturated rings. The van der Waals surface area contributed by atoms with Gasteiger partial charge in [0.25, 0.3) is 5.91 Å². The zero-order valence-electron chi connectivity index (χ0n) is 20.2. The summed E-state index contributed by atoms with van der Waals surface area (Å²) in [5.41, 5.74) is 1.68. The number of carbonyl (C=O) groups is 2. The van der Waals surface area contributed by atoms with E-state index < -0.39 is 5.97 Å². The van der Waals surface area contributed by atoms with Gasteiger partial charge in [-0.25, -0.2) is 4.79 Å². The van der Waals surface area contributed by atoms with E-state index in [0.29, 0.717) is 17.2 Å². The van der Waals surface area contributed by atoms with Crippen LogP contribution in [0.15, 0.2) is 66.7 Å². The van der Waals surface area contributed by atoms with Gasteiger partial charge in [0, 0.05) is 17.7 Å². The zero-order chi connectivity index (χ0) is 25.4. The Labute approximate surface area is 204 Å². The van der Waals surface area contributed by atoms with Crippen molar-refractivity contribution in [2.75, 3.05) is 27.9 Å². The molecule has 35 heavy (non-hydrogen) atoms. The second-order valence-electron chi connectivity index (χ2n) is 7.74. The van der Waals surface area contributed by atoms with Gasteiger partial charge in [0.05, 0.1) is 33.9 Å². The quantitative estimate of drug-likeness (QED) is 0.430. The molecule has 8 heteroatoms. The number of benzene rings is 3. The van der Waals surface area contributed by atoms with Crippen LogP contribution in [0.4, 0.5) is 0 Å². The van der Waals surface area contributed by atoms with Gasteiger partial charge in [0.15, 0.2) is 6.61 Å². The number of ether oxygens (including phenoxy) is 4. The van der Waals surface area contributed by atoms with Crippen molar-refractivity contribution in [2.24, 2.45) is 0 Å². The summed E-state index contributed by atoms with van der Waals surface area (Å²) in [5, 5.41) is 9.50. The van der Waals surface area contributed by atoms with Crippen molar-refractivity contribution in [3.8, 4) is 23.0 Å². The number of carbonyl (C=O) groups excluding carboxylic acids is 1. The van der Waals surface area contributed by atoms with Crippen LogP contribution in [0.3, 0.4) is 0 Å². The number of nitrogens with zero attached hydrogens (tertiary/aromatic N) is 1. The molecular formula is C27H29NO7. The van der Waals surface area contributed by atoms with Crippen molar-refractivity contribution in [3.63, 3.8) is 0 Å². The number of rotatable bonds is 11. The molecule has 0 aromatic heterocycles. The average Bonchev–Trinajstić information content (AvgIpc) is 2.90. The Kier molecular flexibility index (Phi) is 8.56. The Morgan fingerprint density at radius 3 is 2.09 bits per heavy atom. The minimum Gasteiger partial charge on any atom is -0.497 e. The summed E-state index contributed by atoms with van der Waals surface area (Å²) >= 11 is 0. The third-order valence-corrected chi connectivity index (χ3v) is 5.68. The van der Waals surface area contributed by atoms with Gasteiger partial charge >= 0.3 is 5.97 Å². The van der Waals surface area contributed by atoms with E-state index in [1.165, 1.54) is 25.3 Å². The second kappa shape index (κ2) is 11.8. The molecule has 184 valence electrons. The fourth-order valence-electron chi connectivity index (χ4n) is 3.67. The SMILES string of the molecule is COc1ccc(CN(C(=O)COc2cc(OC)ccc2C(=O)O)[C@@H](C)c2ccccc2)c(OC)c1. The fourth-order valence-corrected chi connectivity index (χ4v) is 3.67. The predicted octanol–water partition coefficient (Wildman–Crippen LogP) is 4.58. The minimum atomic E-state index is -1.16. The normalized spacial score (nSPS) is 11.3. The minimum absolute atomic E-state index is 0.0551. The molecule has 0 aliphatic carbocycles. The highest BCUT2D eigenvalue weighted by molar-refractivity contribution is 5.91. The Bertz CT molecular complexity index is 1160. The van der Waals surface area contributed by atoms with Crippen molar-refractivity contribution in [3.05, 3.63) is 83.4 Å². The van der Waals surface area contributed by atoms with Gasteiger partial charge in [-0.15, -0.1) is 0 Å². The first-order valence-corrected chi connectivity index (χ1v) is 11.0. The highest BCUT2D eigenvalue weighted by Crippen LogP contribution is 2.30. The summed E-state index contributed by atoms with van der Waals surface area (Å²) in [7, 11) is 4.60. The van der Waals surface area contributed by atoms with Crippen molar-refractivity contribution >= 4 is 11.9 Å². The summed E-state index contributed by atoms with van der Waals surface area (Å²) in [6.07, 6.45) is 0.